The quantitative estimate of drug-likeness (QED) is 0.619. The lowest BCUT2D eigenvalue weighted by molar-refractivity contribution is -0.130. The van der Waals surface area contributed by atoms with Crippen LogP contribution in [-0.4, -0.2) is 52.6 Å². The highest BCUT2D eigenvalue weighted by molar-refractivity contribution is 7.93. The highest BCUT2D eigenvalue weighted by Gasteiger charge is 2.31. The standard InChI is InChI=1S/C23H30N2O5S/c1-4-30-20-11-9-19(10-12-20)25(17-23(26)24-14-6-5-7-15-24)31(27,28)22-16-18(2)8-13-21(22)29-3/h8-13,16H,4-7,14-15,17H2,1-3H3. The molecule has 8 heteroatoms. The van der Waals surface area contributed by atoms with Gasteiger partial charge >= 0.3 is 0 Å². The summed E-state index contributed by atoms with van der Waals surface area (Å²) in [6, 6.07) is 11.7. The molecule has 0 spiro atoms. The number of sulfonamides is 1. The van der Waals surface area contributed by atoms with Crippen LogP contribution < -0.4 is 13.8 Å². The van der Waals surface area contributed by atoms with E-state index in [0.717, 1.165) is 29.1 Å². The van der Waals surface area contributed by atoms with E-state index < -0.39 is 10.0 Å². The zero-order valence-corrected chi connectivity index (χ0v) is 19.2. The maximum atomic E-state index is 13.7. The van der Waals surface area contributed by atoms with E-state index in [2.05, 4.69) is 0 Å². The third kappa shape index (κ3) is 5.31. The molecule has 0 unspecified atom stereocenters. The second-order valence-corrected chi connectivity index (χ2v) is 9.37. The van der Waals surface area contributed by atoms with Gasteiger partial charge in [0.05, 0.1) is 19.4 Å². The Hall–Kier alpha value is -2.74. The Balaban J connectivity index is 2.02. The maximum absolute atomic E-state index is 13.7. The molecule has 1 aliphatic rings. The number of carbonyl (C=O) groups is 1. The smallest absolute Gasteiger partial charge is 0.268 e. The van der Waals surface area contributed by atoms with Crippen molar-refractivity contribution in [3.8, 4) is 11.5 Å². The number of hydrogen-bond donors (Lipinski definition) is 0. The maximum Gasteiger partial charge on any atom is 0.268 e. The number of hydrogen-bond acceptors (Lipinski definition) is 5. The molecule has 0 radical (unpaired) electrons. The van der Waals surface area contributed by atoms with Gasteiger partial charge in [0.1, 0.15) is 22.9 Å². The van der Waals surface area contributed by atoms with Crippen LogP contribution in [0.25, 0.3) is 0 Å². The van der Waals surface area contributed by atoms with E-state index in [1.807, 2.05) is 13.8 Å². The van der Waals surface area contributed by atoms with Crippen molar-refractivity contribution in [1.29, 1.82) is 0 Å². The number of methoxy groups -OCH3 is 1. The van der Waals surface area contributed by atoms with Crippen molar-refractivity contribution in [3.63, 3.8) is 0 Å². The Morgan fingerprint density at radius 3 is 2.35 bits per heavy atom. The number of benzene rings is 2. The number of carbonyl (C=O) groups excluding carboxylic acids is 1. The van der Waals surface area contributed by atoms with E-state index in [9.17, 15) is 13.2 Å². The summed E-state index contributed by atoms with van der Waals surface area (Å²) in [7, 11) is -2.62. The van der Waals surface area contributed by atoms with Crippen LogP contribution in [-0.2, 0) is 14.8 Å². The van der Waals surface area contributed by atoms with Gasteiger partial charge in [-0.25, -0.2) is 8.42 Å². The monoisotopic (exact) mass is 446 g/mol. The van der Waals surface area contributed by atoms with Gasteiger partial charge in [0, 0.05) is 13.1 Å². The van der Waals surface area contributed by atoms with Crippen LogP contribution in [0.3, 0.4) is 0 Å². The number of rotatable bonds is 8. The molecular weight excluding hydrogens is 416 g/mol. The molecular formula is C23H30N2O5S. The molecule has 1 amide bonds. The fraction of sp³-hybridized carbons (Fsp3) is 0.435. The minimum atomic E-state index is -4.06. The summed E-state index contributed by atoms with van der Waals surface area (Å²) in [6.07, 6.45) is 2.96. The second-order valence-electron chi connectivity index (χ2n) is 7.53. The van der Waals surface area contributed by atoms with E-state index >= 15 is 0 Å². The Labute approximate surface area is 184 Å². The molecule has 0 aliphatic carbocycles. The van der Waals surface area contributed by atoms with Crippen LogP contribution in [0.15, 0.2) is 47.4 Å². The molecule has 2 aromatic carbocycles. The molecule has 0 bridgehead atoms. The van der Waals surface area contributed by atoms with Gasteiger partial charge in [-0.2, -0.15) is 0 Å². The predicted octanol–water partition coefficient (Wildman–Crippen LogP) is 3.61. The first-order valence-corrected chi connectivity index (χ1v) is 12.0. The van der Waals surface area contributed by atoms with E-state index in [-0.39, 0.29) is 23.1 Å². The van der Waals surface area contributed by atoms with Crippen molar-refractivity contribution in [2.24, 2.45) is 0 Å². The number of ether oxygens (including phenoxy) is 2. The second kappa shape index (κ2) is 10.0. The summed E-state index contributed by atoms with van der Waals surface area (Å²) >= 11 is 0. The molecule has 1 fully saturated rings. The fourth-order valence-corrected chi connectivity index (χ4v) is 5.32. The molecule has 0 N–H and O–H groups in total. The average Bonchev–Trinajstić information content (AvgIpc) is 2.78. The molecule has 1 saturated heterocycles. The van der Waals surface area contributed by atoms with Gasteiger partial charge < -0.3 is 14.4 Å². The molecule has 0 atom stereocenters. The number of nitrogens with zero attached hydrogens (tertiary/aromatic N) is 2. The van der Waals surface area contributed by atoms with Crippen LogP contribution in [0.4, 0.5) is 5.69 Å². The first kappa shape index (κ1) is 22.9. The first-order chi connectivity index (χ1) is 14.9. The molecule has 1 heterocycles. The average molecular weight is 447 g/mol. The minimum absolute atomic E-state index is 0.0373. The summed E-state index contributed by atoms with van der Waals surface area (Å²) in [4.78, 5) is 14.8. The van der Waals surface area contributed by atoms with Crippen LogP contribution >= 0.6 is 0 Å². The van der Waals surface area contributed by atoms with Gasteiger partial charge in [-0.1, -0.05) is 6.07 Å². The zero-order chi connectivity index (χ0) is 22.4. The lowest BCUT2D eigenvalue weighted by Gasteiger charge is -2.31. The van der Waals surface area contributed by atoms with Gasteiger partial charge in [-0.15, -0.1) is 0 Å². The van der Waals surface area contributed by atoms with Crippen molar-refractivity contribution in [2.75, 3.05) is 37.7 Å². The van der Waals surface area contributed by atoms with Crippen molar-refractivity contribution in [2.45, 2.75) is 38.0 Å². The normalized spacial score (nSPS) is 14.2. The van der Waals surface area contributed by atoms with Gasteiger partial charge in [-0.05, 0) is 75.1 Å². The molecule has 7 nitrogen and oxygen atoms in total. The third-order valence-electron chi connectivity index (χ3n) is 5.31. The van der Waals surface area contributed by atoms with Crippen LogP contribution in [0, 0.1) is 6.92 Å². The topological polar surface area (TPSA) is 76.2 Å². The molecule has 0 saturated carbocycles. The molecule has 1 aliphatic heterocycles. The predicted molar refractivity (Wildman–Crippen MR) is 120 cm³/mol. The molecule has 168 valence electrons. The number of amides is 1. The summed E-state index contributed by atoms with van der Waals surface area (Å²) in [5, 5.41) is 0. The number of piperidine rings is 1. The summed E-state index contributed by atoms with van der Waals surface area (Å²) in [5.74, 6) is 0.676. The van der Waals surface area contributed by atoms with Gasteiger partial charge in [0.25, 0.3) is 10.0 Å². The van der Waals surface area contributed by atoms with Crippen molar-refractivity contribution in [1.82, 2.24) is 4.90 Å². The number of aryl methyl sites for hydroxylation is 1. The van der Waals surface area contributed by atoms with Crippen molar-refractivity contribution >= 4 is 21.6 Å². The third-order valence-corrected chi connectivity index (χ3v) is 7.11. The highest BCUT2D eigenvalue weighted by atomic mass is 32.2. The Morgan fingerprint density at radius 1 is 1.06 bits per heavy atom. The molecule has 3 rings (SSSR count). The SMILES string of the molecule is CCOc1ccc(N(CC(=O)N2CCCCC2)S(=O)(=O)c2cc(C)ccc2OC)cc1. The molecule has 2 aromatic rings. The highest BCUT2D eigenvalue weighted by Crippen LogP contribution is 2.32. The first-order valence-electron chi connectivity index (χ1n) is 10.5. The van der Waals surface area contributed by atoms with Crippen LogP contribution in [0.1, 0.15) is 31.7 Å². The summed E-state index contributed by atoms with van der Waals surface area (Å²) in [6.45, 7) is 5.25. The minimum Gasteiger partial charge on any atom is -0.495 e. The molecule has 0 aromatic heterocycles. The Bertz CT molecular complexity index is 999. The van der Waals surface area contributed by atoms with Gasteiger partial charge in [-0.3, -0.25) is 9.10 Å². The van der Waals surface area contributed by atoms with Gasteiger partial charge in [0.15, 0.2) is 0 Å². The Kier molecular flexibility index (Phi) is 7.43. The van der Waals surface area contributed by atoms with E-state index in [1.54, 1.807) is 47.4 Å². The van der Waals surface area contributed by atoms with Crippen molar-refractivity contribution < 1.29 is 22.7 Å². The molecule has 31 heavy (non-hydrogen) atoms. The Morgan fingerprint density at radius 2 is 1.74 bits per heavy atom. The van der Waals surface area contributed by atoms with Crippen LogP contribution in [0.5, 0.6) is 11.5 Å². The number of likely N-dealkylation sites (tertiary alicyclic amines) is 1. The van der Waals surface area contributed by atoms with E-state index in [4.69, 9.17) is 9.47 Å². The zero-order valence-electron chi connectivity index (χ0n) is 18.3. The summed E-state index contributed by atoms with van der Waals surface area (Å²) in [5.41, 5.74) is 1.19. The fourth-order valence-electron chi connectivity index (χ4n) is 3.66. The van der Waals surface area contributed by atoms with Gasteiger partial charge in [0.2, 0.25) is 5.91 Å². The van der Waals surface area contributed by atoms with E-state index in [0.29, 0.717) is 31.1 Å². The lowest BCUT2D eigenvalue weighted by Crippen LogP contribution is -2.44. The van der Waals surface area contributed by atoms with Crippen LogP contribution in [0.2, 0.25) is 0 Å². The largest absolute Gasteiger partial charge is 0.495 e. The van der Waals surface area contributed by atoms with Crippen molar-refractivity contribution in [3.05, 3.63) is 48.0 Å². The number of anilines is 1. The summed E-state index contributed by atoms with van der Waals surface area (Å²) < 4.78 is 39.4. The lowest BCUT2D eigenvalue weighted by atomic mass is 10.1. The van der Waals surface area contributed by atoms with E-state index in [1.165, 1.54) is 7.11 Å².